The molecule has 0 radical (unpaired) electrons. The SMILES string of the molecule is B1CCC2CCCC1C2. The fourth-order valence-electron chi connectivity index (χ4n) is 2.62. The van der Waals surface area contributed by atoms with Crippen molar-refractivity contribution in [3.8, 4) is 0 Å². The second-order valence-corrected chi connectivity index (χ2v) is 3.83. The third-order valence-electron chi connectivity index (χ3n) is 3.12. The normalized spacial score (nSPS) is 41.8. The van der Waals surface area contributed by atoms with E-state index < -0.39 is 0 Å². The zero-order valence-corrected chi connectivity index (χ0v) is 6.10. The van der Waals surface area contributed by atoms with Gasteiger partial charge in [0.2, 0.25) is 0 Å². The van der Waals surface area contributed by atoms with Gasteiger partial charge in [-0.2, -0.15) is 0 Å². The average Bonchev–Trinajstić information content (AvgIpc) is 1.88. The van der Waals surface area contributed by atoms with Crippen LogP contribution in [0.15, 0.2) is 0 Å². The summed E-state index contributed by atoms with van der Waals surface area (Å²) in [6.07, 6.45) is 9.31. The molecule has 0 amide bonds. The van der Waals surface area contributed by atoms with Gasteiger partial charge in [0.05, 0.1) is 0 Å². The lowest BCUT2D eigenvalue weighted by molar-refractivity contribution is 0.331. The van der Waals surface area contributed by atoms with E-state index >= 15 is 0 Å². The maximum atomic E-state index is 1.58. The van der Waals surface area contributed by atoms with Crippen molar-refractivity contribution in [3.63, 3.8) is 0 Å². The van der Waals surface area contributed by atoms with Gasteiger partial charge in [-0.1, -0.05) is 44.2 Å². The summed E-state index contributed by atoms with van der Waals surface area (Å²) in [5.74, 6) is 2.30. The predicted octanol–water partition coefficient (Wildman–Crippen LogP) is 2.22. The largest absolute Gasteiger partial charge is 0.124 e. The summed E-state index contributed by atoms with van der Waals surface area (Å²) < 4.78 is 0. The number of hydrogen-bond donors (Lipinski definition) is 0. The lowest BCUT2D eigenvalue weighted by atomic mass is 9.49. The summed E-state index contributed by atoms with van der Waals surface area (Å²) in [5.41, 5.74) is 0. The average molecular weight is 122 g/mol. The van der Waals surface area contributed by atoms with E-state index in [1.807, 2.05) is 0 Å². The summed E-state index contributed by atoms with van der Waals surface area (Å²) in [4.78, 5) is 0. The van der Waals surface area contributed by atoms with Gasteiger partial charge in [0.1, 0.15) is 7.28 Å². The molecule has 1 heterocycles. The molecule has 1 aliphatic heterocycles. The van der Waals surface area contributed by atoms with Gasteiger partial charge in [0.25, 0.3) is 0 Å². The molecule has 2 fully saturated rings. The van der Waals surface area contributed by atoms with Crippen LogP contribution in [-0.2, 0) is 0 Å². The van der Waals surface area contributed by atoms with Gasteiger partial charge >= 0.3 is 0 Å². The molecule has 0 aromatic carbocycles. The Labute approximate surface area is 58.3 Å². The van der Waals surface area contributed by atoms with Crippen molar-refractivity contribution < 1.29 is 0 Å². The van der Waals surface area contributed by atoms with Gasteiger partial charge in [-0.05, 0) is 5.92 Å². The Balaban J connectivity index is 1.96. The maximum absolute atomic E-state index is 1.58. The van der Waals surface area contributed by atoms with E-state index in [4.69, 9.17) is 0 Å². The Hall–Kier alpha value is 0.0649. The third-order valence-corrected chi connectivity index (χ3v) is 3.12. The molecule has 2 rings (SSSR count). The molecule has 2 atom stereocenters. The predicted molar refractivity (Wildman–Crippen MR) is 42.3 cm³/mol. The van der Waals surface area contributed by atoms with Crippen molar-refractivity contribution in [1.29, 1.82) is 0 Å². The zero-order valence-electron chi connectivity index (χ0n) is 6.10. The number of fused-ring (bicyclic) bond motifs is 2. The maximum Gasteiger partial charge on any atom is 0.124 e. The summed E-state index contributed by atoms with van der Waals surface area (Å²) in [6, 6.07) is 0. The molecule has 1 heteroatoms. The molecule has 0 aromatic heterocycles. The van der Waals surface area contributed by atoms with E-state index in [0.717, 1.165) is 11.7 Å². The van der Waals surface area contributed by atoms with Crippen molar-refractivity contribution in [2.45, 2.75) is 44.2 Å². The monoisotopic (exact) mass is 122 g/mol. The van der Waals surface area contributed by atoms with E-state index in [1.54, 1.807) is 33.0 Å². The molecule has 0 nitrogen and oxygen atoms in total. The van der Waals surface area contributed by atoms with Crippen molar-refractivity contribution in [3.05, 3.63) is 0 Å². The van der Waals surface area contributed by atoms with Crippen LogP contribution in [0.3, 0.4) is 0 Å². The minimum atomic E-state index is 1.15. The molecular formula is C8H15B. The van der Waals surface area contributed by atoms with E-state index in [9.17, 15) is 0 Å². The van der Waals surface area contributed by atoms with Crippen LogP contribution in [0.4, 0.5) is 0 Å². The Morgan fingerprint density at radius 3 is 2.89 bits per heavy atom. The first-order valence-corrected chi connectivity index (χ1v) is 4.45. The molecule has 1 saturated carbocycles. The lowest BCUT2D eigenvalue weighted by Crippen LogP contribution is -2.21. The molecule has 0 aromatic rings. The molecule has 9 heavy (non-hydrogen) atoms. The summed E-state index contributed by atoms with van der Waals surface area (Å²) in [7, 11) is 1.55. The fraction of sp³-hybridized carbons (Fsp3) is 1.00. The minimum absolute atomic E-state index is 1.15. The van der Waals surface area contributed by atoms with E-state index in [-0.39, 0.29) is 0 Å². The first-order valence-electron chi connectivity index (χ1n) is 4.45. The van der Waals surface area contributed by atoms with E-state index in [1.165, 1.54) is 12.7 Å². The van der Waals surface area contributed by atoms with Gasteiger partial charge in [-0.25, -0.2) is 0 Å². The van der Waals surface area contributed by atoms with Gasteiger partial charge in [-0.3, -0.25) is 0 Å². The van der Waals surface area contributed by atoms with Crippen molar-refractivity contribution in [1.82, 2.24) is 0 Å². The molecule has 1 aliphatic carbocycles. The minimum Gasteiger partial charge on any atom is -0.0769 e. The van der Waals surface area contributed by atoms with Crippen LogP contribution in [0.1, 0.15) is 32.1 Å². The van der Waals surface area contributed by atoms with Gasteiger partial charge in [0.15, 0.2) is 0 Å². The molecule has 0 spiro atoms. The van der Waals surface area contributed by atoms with Gasteiger partial charge in [-0.15, -0.1) is 0 Å². The first-order chi connectivity index (χ1) is 4.45. The molecule has 50 valence electrons. The highest BCUT2D eigenvalue weighted by Crippen LogP contribution is 2.39. The standard InChI is InChI=1S/C8H15B/c1-2-7-4-5-9-8(3-1)6-7/h7-9H,1-6H2. The van der Waals surface area contributed by atoms with Crippen LogP contribution in [-0.4, -0.2) is 7.28 Å². The topological polar surface area (TPSA) is 0 Å². The Kier molecular flexibility index (Phi) is 1.53. The molecule has 1 saturated heterocycles. The van der Waals surface area contributed by atoms with Gasteiger partial charge in [0, 0.05) is 0 Å². The second-order valence-electron chi connectivity index (χ2n) is 3.83. The van der Waals surface area contributed by atoms with Crippen molar-refractivity contribution in [2.24, 2.45) is 5.92 Å². The van der Waals surface area contributed by atoms with E-state index in [2.05, 4.69) is 0 Å². The Bertz CT molecular complexity index is 80.7. The highest BCUT2D eigenvalue weighted by atomic mass is 14.2. The zero-order chi connectivity index (χ0) is 6.10. The van der Waals surface area contributed by atoms with Crippen LogP contribution >= 0.6 is 0 Å². The number of rotatable bonds is 0. The molecule has 0 N–H and O–H groups in total. The quantitative estimate of drug-likeness (QED) is 0.432. The summed E-state index contributed by atoms with van der Waals surface area (Å²) >= 11 is 0. The second kappa shape index (κ2) is 2.36. The van der Waals surface area contributed by atoms with Crippen LogP contribution < -0.4 is 0 Å². The Morgan fingerprint density at radius 2 is 2.11 bits per heavy atom. The number of hydrogen-bond acceptors (Lipinski definition) is 0. The van der Waals surface area contributed by atoms with Crippen LogP contribution in [0.25, 0.3) is 0 Å². The van der Waals surface area contributed by atoms with Crippen LogP contribution in [0.5, 0.6) is 0 Å². The van der Waals surface area contributed by atoms with Crippen LogP contribution in [0.2, 0.25) is 12.1 Å². The Morgan fingerprint density at radius 1 is 1.11 bits per heavy atom. The lowest BCUT2D eigenvalue weighted by Gasteiger charge is -2.33. The first kappa shape index (κ1) is 5.82. The molecule has 2 bridgehead atoms. The smallest absolute Gasteiger partial charge is 0.0769 e. The summed E-state index contributed by atoms with van der Waals surface area (Å²) in [6.45, 7) is 0. The van der Waals surface area contributed by atoms with E-state index in [0.29, 0.717) is 0 Å². The van der Waals surface area contributed by atoms with Crippen LogP contribution in [0, 0.1) is 5.92 Å². The molecular weight excluding hydrogens is 107 g/mol. The molecule has 2 aliphatic rings. The molecule has 2 unspecified atom stereocenters. The fourth-order valence-corrected chi connectivity index (χ4v) is 2.62. The van der Waals surface area contributed by atoms with Gasteiger partial charge < -0.3 is 0 Å². The van der Waals surface area contributed by atoms with Crippen molar-refractivity contribution in [2.75, 3.05) is 0 Å². The highest BCUT2D eigenvalue weighted by molar-refractivity contribution is 6.37. The van der Waals surface area contributed by atoms with Crippen molar-refractivity contribution >= 4 is 7.28 Å². The summed E-state index contributed by atoms with van der Waals surface area (Å²) in [5, 5.41) is 0. The third kappa shape index (κ3) is 1.15. The highest BCUT2D eigenvalue weighted by Gasteiger charge is 2.26.